The minimum Gasteiger partial charge on any atom is -0.487 e. The third-order valence-corrected chi connectivity index (χ3v) is 5.50. The lowest BCUT2D eigenvalue weighted by Gasteiger charge is -2.12. The van der Waals surface area contributed by atoms with Crippen molar-refractivity contribution in [3.8, 4) is 5.75 Å². The van der Waals surface area contributed by atoms with Crippen LogP contribution in [0.15, 0.2) is 84.1 Å². The van der Waals surface area contributed by atoms with Gasteiger partial charge in [-0.3, -0.25) is 9.98 Å². The number of hydrogen-bond acceptors (Lipinski definition) is 7. The lowest BCUT2D eigenvalue weighted by atomic mass is 10.0. The Morgan fingerprint density at radius 3 is 2.47 bits per heavy atom. The monoisotopic (exact) mass is 480 g/mol. The van der Waals surface area contributed by atoms with E-state index in [1.54, 1.807) is 31.6 Å². The predicted molar refractivity (Wildman–Crippen MR) is 143 cm³/mol. The highest BCUT2D eigenvalue weighted by Gasteiger charge is 2.14. The van der Waals surface area contributed by atoms with Crippen LogP contribution in [-0.2, 0) is 11.3 Å². The van der Waals surface area contributed by atoms with Crippen LogP contribution in [-0.4, -0.2) is 35.3 Å². The third-order valence-electron chi connectivity index (χ3n) is 5.50. The van der Waals surface area contributed by atoms with Crippen LogP contribution in [0.5, 0.6) is 5.75 Å². The Labute approximate surface area is 210 Å². The topological polar surface area (TPSA) is 99.7 Å². The average molecular weight is 481 g/mol. The van der Waals surface area contributed by atoms with Crippen molar-refractivity contribution in [1.29, 1.82) is 0 Å². The van der Waals surface area contributed by atoms with Gasteiger partial charge < -0.3 is 15.2 Å². The van der Waals surface area contributed by atoms with Crippen molar-refractivity contribution < 1.29 is 14.3 Å². The zero-order chi connectivity index (χ0) is 25.3. The molecule has 2 N–H and O–H groups in total. The molecular formula is C29H28N4O3. The van der Waals surface area contributed by atoms with Crippen LogP contribution in [0, 0.1) is 0 Å². The number of hydrogen-bond donors (Lipinski definition) is 1. The maximum absolute atomic E-state index is 12.5. The van der Waals surface area contributed by atoms with E-state index in [-0.39, 0.29) is 12.6 Å². The summed E-state index contributed by atoms with van der Waals surface area (Å²) in [4.78, 5) is 25.6. The first-order valence-corrected chi connectivity index (χ1v) is 11.8. The van der Waals surface area contributed by atoms with Crippen LogP contribution >= 0.6 is 0 Å². The van der Waals surface area contributed by atoms with Crippen molar-refractivity contribution in [2.45, 2.75) is 20.5 Å². The summed E-state index contributed by atoms with van der Waals surface area (Å²) in [6.45, 7) is 4.93. The van der Waals surface area contributed by atoms with Gasteiger partial charge in [0.25, 0.3) is 0 Å². The van der Waals surface area contributed by atoms with E-state index in [9.17, 15) is 4.79 Å². The summed E-state index contributed by atoms with van der Waals surface area (Å²) in [6, 6.07) is 20.6. The Morgan fingerprint density at radius 2 is 1.75 bits per heavy atom. The molecule has 2 aromatic carbocycles. The normalized spacial score (nSPS) is 11.9. The second-order valence-corrected chi connectivity index (χ2v) is 7.90. The molecule has 0 amide bonds. The Hall–Kier alpha value is -4.52. The van der Waals surface area contributed by atoms with Crippen LogP contribution in [0.4, 0.5) is 0 Å². The number of benzene rings is 2. The fourth-order valence-electron chi connectivity index (χ4n) is 3.74. The fraction of sp³-hybridized carbons (Fsp3) is 0.172. The number of para-hydroxylation sites is 1. The molecule has 0 aliphatic carbocycles. The van der Waals surface area contributed by atoms with Gasteiger partial charge in [0.05, 0.1) is 23.4 Å². The van der Waals surface area contributed by atoms with E-state index in [1.807, 2.05) is 67.6 Å². The van der Waals surface area contributed by atoms with E-state index in [0.29, 0.717) is 41.4 Å². The van der Waals surface area contributed by atoms with Crippen LogP contribution in [0.25, 0.3) is 22.2 Å². The first kappa shape index (κ1) is 24.6. The first-order valence-electron chi connectivity index (χ1n) is 11.8. The summed E-state index contributed by atoms with van der Waals surface area (Å²) in [5.41, 5.74) is 11.6. The molecule has 0 saturated carbocycles. The number of aromatic nitrogens is 2. The lowest BCUT2D eigenvalue weighted by Crippen LogP contribution is -2.08. The third kappa shape index (κ3) is 5.75. The number of carbonyl (C=O) groups is 1. The summed E-state index contributed by atoms with van der Waals surface area (Å²) in [5.74, 6) is 0.285. The summed E-state index contributed by atoms with van der Waals surface area (Å²) in [5, 5.41) is 0.753. The molecule has 0 radical (unpaired) electrons. The predicted octanol–water partition coefficient (Wildman–Crippen LogP) is 5.30. The van der Waals surface area contributed by atoms with Crippen molar-refractivity contribution in [3.63, 3.8) is 0 Å². The smallest absolute Gasteiger partial charge is 0.338 e. The molecule has 4 aromatic rings. The quantitative estimate of drug-likeness (QED) is 0.258. The van der Waals surface area contributed by atoms with Crippen molar-refractivity contribution in [1.82, 2.24) is 9.97 Å². The maximum Gasteiger partial charge on any atom is 0.338 e. The Balaban J connectivity index is 1.55. The van der Waals surface area contributed by atoms with Crippen molar-refractivity contribution in [2.24, 2.45) is 10.7 Å². The Bertz CT molecular complexity index is 1400. The standard InChI is InChI=1S/C29H28N4O3/c1-3-31-18-26(20-13-15-32-16-14-20)28(30)21-9-11-23(12-10-21)36-19-22-17-25(29(34)35-4-2)24-7-5-6-8-27(24)33-22/h5-18H,3-4,19,30H2,1-2H3/b28-26+,31-18?. The fourth-order valence-corrected chi connectivity index (χ4v) is 3.74. The molecule has 0 bridgehead atoms. The van der Waals surface area contributed by atoms with Crippen LogP contribution in [0.1, 0.15) is 41.0 Å². The van der Waals surface area contributed by atoms with Crippen LogP contribution < -0.4 is 10.5 Å². The van der Waals surface area contributed by atoms with E-state index in [1.165, 1.54) is 0 Å². The second-order valence-electron chi connectivity index (χ2n) is 7.90. The minimum absolute atomic E-state index is 0.202. The highest BCUT2D eigenvalue weighted by atomic mass is 16.5. The Morgan fingerprint density at radius 1 is 1.00 bits per heavy atom. The number of esters is 1. The minimum atomic E-state index is -0.374. The number of aliphatic imine (C=N–C) groups is 1. The SMILES string of the molecule is CCN=C/C(=C(\N)c1ccc(OCc2cc(C(=O)OCC)c3ccccc3n2)cc1)c1ccncc1. The zero-order valence-corrected chi connectivity index (χ0v) is 20.3. The molecule has 0 spiro atoms. The molecule has 7 heteroatoms. The van der Waals surface area contributed by atoms with Gasteiger partial charge in [-0.05, 0) is 73.5 Å². The molecule has 36 heavy (non-hydrogen) atoms. The second kappa shape index (κ2) is 11.8. The van der Waals surface area contributed by atoms with Gasteiger partial charge in [-0.25, -0.2) is 9.78 Å². The lowest BCUT2D eigenvalue weighted by molar-refractivity contribution is 0.0528. The van der Waals surface area contributed by atoms with Gasteiger partial charge in [-0.1, -0.05) is 18.2 Å². The molecule has 0 saturated heterocycles. The molecule has 4 rings (SSSR count). The van der Waals surface area contributed by atoms with E-state index < -0.39 is 0 Å². The number of nitrogens with zero attached hydrogens (tertiary/aromatic N) is 3. The summed E-state index contributed by atoms with van der Waals surface area (Å²) >= 11 is 0. The molecule has 0 aliphatic rings. The number of allylic oxidation sites excluding steroid dienone is 1. The van der Waals surface area contributed by atoms with Gasteiger partial charge in [-0.15, -0.1) is 0 Å². The van der Waals surface area contributed by atoms with E-state index in [4.69, 9.17) is 15.2 Å². The zero-order valence-electron chi connectivity index (χ0n) is 20.3. The average Bonchev–Trinajstić information content (AvgIpc) is 2.92. The van der Waals surface area contributed by atoms with Gasteiger partial charge in [0, 0.05) is 41.8 Å². The van der Waals surface area contributed by atoms with Gasteiger partial charge in [0.1, 0.15) is 12.4 Å². The highest BCUT2D eigenvalue weighted by Crippen LogP contribution is 2.24. The van der Waals surface area contributed by atoms with Gasteiger partial charge in [-0.2, -0.15) is 0 Å². The summed E-state index contributed by atoms with van der Waals surface area (Å²) in [6.07, 6.45) is 5.25. The molecule has 0 aliphatic heterocycles. The van der Waals surface area contributed by atoms with Crippen molar-refractivity contribution in [2.75, 3.05) is 13.2 Å². The van der Waals surface area contributed by atoms with E-state index in [0.717, 1.165) is 22.1 Å². The Kier molecular flexibility index (Phi) is 8.03. The molecular weight excluding hydrogens is 452 g/mol. The van der Waals surface area contributed by atoms with Crippen molar-refractivity contribution in [3.05, 3.63) is 102 Å². The van der Waals surface area contributed by atoms with E-state index in [2.05, 4.69) is 15.0 Å². The number of pyridine rings is 2. The van der Waals surface area contributed by atoms with Crippen LogP contribution in [0.2, 0.25) is 0 Å². The van der Waals surface area contributed by atoms with Gasteiger partial charge in [0.2, 0.25) is 0 Å². The highest BCUT2D eigenvalue weighted by molar-refractivity contribution is 6.18. The number of carbonyl (C=O) groups excluding carboxylic acids is 1. The van der Waals surface area contributed by atoms with Gasteiger partial charge in [0.15, 0.2) is 0 Å². The molecule has 182 valence electrons. The molecule has 7 nitrogen and oxygen atoms in total. The first-order chi connectivity index (χ1) is 17.6. The van der Waals surface area contributed by atoms with Gasteiger partial charge >= 0.3 is 5.97 Å². The largest absolute Gasteiger partial charge is 0.487 e. The van der Waals surface area contributed by atoms with E-state index >= 15 is 0 Å². The molecule has 0 fully saturated rings. The van der Waals surface area contributed by atoms with Crippen molar-refractivity contribution >= 4 is 34.4 Å². The molecule has 0 unspecified atom stereocenters. The molecule has 2 heterocycles. The molecule has 0 atom stereocenters. The summed E-state index contributed by atoms with van der Waals surface area (Å²) in [7, 11) is 0. The molecule has 2 aromatic heterocycles. The number of ether oxygens (including phenoxy) is 2. The maximum atomic E-state index is 12.5. The summed E-state index contributed by atoms with van der Waals surface area (Å²) < 4.78 is 11.2. The number of nitrogens with two attached hydrogens (primary N) is 1. The van der Waals surface area contributed by atoms with Crippen LogP contribution in [0.3, 0.4) is 0 Å². The number of rotatable bonds is 9. The number of fused-ring (bicyclic) bond motifs is 1.